The van der Waals surface area contributed by atoms with Crippen LogP contribution in [0, 0.1) is 5.92 Å². The van der Waals surface area contributed by atoms with Crippen molar-refractivity contribution in [1.29, 1.82) is 0 Å². The van der Waals surface area contributed by atoms with Gasteiger partial charge in [-0.1, -0.05) is 43.3 Å². The normalized spacial score (nSPS) is 12.0. The molecular formula is C20H20N4O4. The molecule has 3 rings (SSSR count). The van der Waals surface area contributed by atoms with Gasteiger partial charge >= 0.3 is 5.97 Å². The summed E-state index contributed by atoms with van der Waals surface area (Å²) in [7, 11) is 1.27. The molecule has 1 heterocycles. The van der Waals surface area contributed by atoms with E-state index in [1.54, 1.807) is 62.4 Å². The van der Waals surface area contributed by atoms with Crippen molar-refractivity contribution in [3.05, 3.63) is 64.4 Å². The van der Waals surface area contributed by atoms with Crippen LogP contribution < -0.4 is 10.9 Å². The van der Waals surface area contributed by atoms with Gasteiger partial charge in [-0.2, -0.15) is 4.68 Å². The number of esters is 1. The Morgan fingerprint density at radius 2 is 1.75 bits per heavy atom. The minimum absolute atomic E-state index is 0.220. The molecule has 0 spiro atoms. The van der Waals surface area contributed by atoms with Gasteiger partial charge in [0.1, 0.15) is 11.6 Å². The molecule has 1 amide bonds. The number of methoxy groups -OCH3 is 1. The molecule has 1 aromatic heterocycles. The Morgan fingerprint density at radius 1 is 1.07 bits per heavy atom. The monoisotopic (exact) mass is 380 g/mol. The standard InChI is InChI=1S/C20H20N4O4/c1-12(2)17(24-19(26)13-8-4-7-11-16(13)22-23-24)18(25)21-15-10-6-5-9-14(15)20(27)28-3/h4-12,17H,1-3H3,(H,21,25). The first-order valence-electron chi connectivity index (χ1n) is 8.76. The second kappa shape index (κ2) is 7.99. The van der Waals surface area contributed by atoms with Gasteiger partial charge in [-0.25, -0.2) is 4.79 Å². The van der Waals surface area contributed by atoms with Crippen molar-refractivity contribution in [2.24, 2.45) is 5.92 Å². The van der Waals surface area contributed by atoms with E-state index in [2.05, 4.69) is 15.6 Å². The molecule has 0 fully saturated rings. The molecule has 1 N–H and O–H groups in total. The zero-order valence-electron chi connectivity index (χ0n) is 15.7. The van der Waals surface area contributed by atoms with Gasteiger partial charge in [-0.15, -0.1) is 5.10 Å². The molecule has 8 nitrogen and oxygen atoms in total. The molecular weight excluding hydrogens is 360 g/mol. The van der Waals surface area contributed by atoms with Crippen LogP contribution in [0.3, 0.4) is 0 Å². The van der Waals surface area contributed by atoms with Crippen molar-refractivity contribution >= 4 is 28.5 Å². The minimum atomic E-state index is -0.907. The van der Waals surface area contributed by atoms with E-state index in [1.165, 1.54) is 7.11 Å². The highest BCUT2D eigenvalue weighted by Gasteiger charge is 2.28. The second-order valence-electron chi connectivity index (χ2n) is 6.57. The minimum Gasteiger partial charge on any atom is -0.465 e. The quantitative estimate of drug-likeness (QED) is 0.682. The van der Waals surface area contributed by atoms with Crippen LogP contribution in [0.4, 0.5) is 5.69 Å². The second-order valence-corrected chi connectivity index (χ2v) is 6.57. The zero-order chi connectivity index (χ0) is 20.3. The summed E-state index contributed by atoms with van der Waals surface area (Å²) in [6.07, 6.45) is 0. The van der Waals surface area contributed by atoms with Crippen molar-refractivity contribution in [3.8, 4) is 0 Å². The topological polar surface area (TPSA) is 103 Å². The van der Waals surface area contributed by atoms with Gasteiger partial charge in [-0.05, 0) is 30.2 Å². The lowest BCUT2D eigenvalue weighted by molar-refractivity contribution is -0.120. The number of nitrogens with one attached hydrogen (secondary N) is 1. The van der Waals surface area contributed by atoms with E-state index >= 15 is 0 Å². The van der Waals surface area contributed by atoms with Gasteiger partial charge in [0.25, 0.3) is 5.56 Å². The summed E-state index contributed by atoms with van der Waals surface area (Å²) in [4.78, 5) is 37.8. The van der Waals surface area contributed by atoms with Crippen molar-refractivity contribution in [2.75, 3.05) is 12.4 Å². The highest BCUT2D eigenvalue weighted by molar-refractivity contribution is 6.02. The van der Waals surface area contributed by atoms with Gasteiger partial charge in [0.15, 0.2) is 0 Å². The number of carbonyl (C=O) groups excluding carboxylic acids is 2. The average molecular weight is 380 g/mol. The zero-order valence-corrected chi connectivity index (χ0v) is 15.7. The SMILES string of the molecule is COC(=O)c1ccccc1NC(=O)C(C(C)C)n1nnc2ccccc2c1=O. The largest absolute Gasteiger partial charge is 0.465 e. The van der Waals surface area contributed by atoms with Crippen LogP contribution in [0.15, 0.2) is 53.3 Å². The van der Waals surface area contributed by atoms with E-state index in [9.17, 15) is 14.4 Å². The van der Waals surface area contributed by atoms with E-state index < -0.39 is 23.5 Å². The Bertz CT molecular complexity index is 1090. The molecule has 0 aliphatic heterocycles. The number of ether oxygens (including phenoxy) is 1. The number of nitrogens with zero attached hydrogens (tertiary/aromatic N) is 3. The third kappa shape index (κ3) is 3.62. The summed E-state index contributed by atoms with van der Waals surface area (Å²) in [6, 6.07) is 12.4. The van der Waals surface area contributed by atoms with Crippen LogP contribution in [0.5, 0.6) is 0 Å². The number of amides is 1. The van der Waals surface area contributed by atoms with Gasteiger partial charge in [0.2, 0.25) is 5.91 Å². The Labute approximate surface area is 161 Å². The molecule has 0 bridgehead atoms. The number of para-hydroxylation sites is 1. The molecule has 0 saturated heterocycles. The molecule has 28 heavy (non-hydrogen) atoms. The third-order valence-electron chi connectivity index (χ3n) is 4.35. The van der Waals surface area contributed by atoms with Gasteiger partial charge in [0.05, 0.1) is 23.7 Å². The summed E-state index contributed by atoms with van der Waals surface area (Å²) in [6.45, 7) is 3.61. The summed E-state index contributed by atoms with van der Waals surface area (Å²) >= 11 is 0. The fraction of sp³-hybridized carbons (Fsp3) is 0.250. The average Bonchev–Trinajstić information content (AvgIpc) is 2.69. The molecule has 1 unspecified atom stereocenters. The number of anilines is 1. The summed E-state index contributed by atoms with van der Waals surface area (Å²) < 4.78 is 5.84. The van der Waals surface area contributed by atoms with Crippen molar-refractivity contribution in [2.45, 2.75) is 19.9 Å². The smallest absolute Gasteiger partial charge is 0.339 e. The number of fused-ring (bicyclic) bond motifs is 1. The number of rotatable bonds is 5. The number of hydrogen-bond acceptors (Lipinski definition) is 6. The summed E-state index contributed by atoms with van der Waals surface area (Å²) in [5.74, 6) is -1.30. The molecule has 144 valence electrons. The maximum absolute atomic E-state index is 13.0. The lowest BCUT2D eigenvalue weighted by Crippen LogP contribution is -2.38. The van der Waals surface area contributed by atoms with E-state index in [4.69, 9.17) is 4.74 Å². The fourth-order valence-corrected chi connectivity index (χ4v) is 2.97. The molecule has 1 atom stereocenters. The predicted octanol–water partition coefficient (Wildman–Crippen LogP) is 2.41. The third-order valence-corrected chi connectivity index (χ3v) is 4.35. The molecule has 8 heteroatoms. The number of benzene rings is 2. The highest BCUT2D eigenvalue weighted by atomic mass is 16.5. The van der Waals surface area contributed by atoms with E-state index in [0.29, 0.717) is 16.6 Å². The molecule has 3 aromatic rings. The molecule has 0 aliphatic carbocycles. The number of aromatic nitrogens is 3. The first kappa shape index (κ1) is 19.2. The van der Waals surface area contributed by atoms with Gasteiger partial charge in [0, 0.05) is 0 Å². The molecule has 0 radical (unpaired) electrons. The maximum Gasteiger partial charge on any atom is 0.339 e. The van der Waals surface area contributed by atoms with Crippen molar-refractivity contribution in [1.82, 2.24) is 15.0 Å². The van der Waals surface area contributed by atoms with Crippen LogP contribution in [0.25, 0.3) is 10.9 Å². The van der Waals surface area contributed by atoms with Crippen LogP contribution in [-0.2, 0) is 9.53 Å². The van der Waals surface area contributed by atoms with Crippen LogP contribution >= 0.6 is 0 Å². The van der Waals surface area contributed by atoms with E-state index in [-0.39, 0.29) is 11.5 Å². The van der Waals surface area contributed by atoms with Gasteiger partial charge in [-0.3, -0.25) is 9.59 Å². The Morgan fingerprint density at radius 3 is 2.46 bits per heavy atom. The van der Waals surface area contributed by atoms with Crippen LogP contribution in [0.2, 0.25) is 0 Å². The number of hydrogen-bond donors (Lipinski definition) is 1. The van der Waals surface area contributed by atoms with E-state index in [1.807, 2.05) is 0 Å². The molecule has 0 saturated carbocycles. The lowest BCUT2D eigenvalue weighted by Gasteiger charge is -2.21. The van der Waals surface area contributed by atoms with Crippen LogP contribution in [0.1, 0.15) is 30.2 Å². The first-order chi connectivity index (χ1) is 13.4. The molecule has 0 aliphatic rings. The van der Waals surface area contributed by atoms with Crippen LogP contribution in [-0.4, -0.2) is 34.0 Å². The Balaban J connectivity index is 2.01. The van der Waals surface area contributed by atoms with Crippen molar-refractivity contribution < 1.29 is 14.3 Å². The number of carbonyl (C=O) groups is 2. The van der Waals surface area contributed by atoms with E-state index in [0.717, 1.165) is 4.68 Å². The first-order valence-corrected chi connectivity index (χ1v) is 8.76. The Kier molecular flexibility index (Phi) is 5.49. The summed E-state index contributed by atoms with van der Waals surface area (Å²) in [5.41, 5.74) is 0.577. The predicted molar refractivity (Wildman–Crippen MR) is 104 cm³/mol. The Hall–Kier alpha value is -3.55. The van der Waals surface area contributed by atoms with Crippen molar-refractivity contribution in [3.63, 3.8) is 0 Å². The maximum atomic E-state index is 13.0. The lowest BCUT2D eigenvalue weighted by atomic mass is 10.0. The molecule has 2 aromatic carbocycles. The fourth-order valence-electron chi connectivity index (χ4n) is 2.97. The van der Waals surface area contributed by atoms with Gasteiger partial charge < -0.3 is 10.1 Å². The summed E-state index contributed by atoms with van der Waals surface area (Å²) in [5, 5.41) is 11.1. The highest BCUT2D eigenvalue weighted by Crippen LogP contribution is 2.21.